The van der Waals surface area contributed by atoms with Gasteiger partial charge in [-0.05, 0) is 112 Å². The smallest absolute Gasteiger partial charge is 0.331 e. The standard InChI is InChI=1S/C44H74FN3O15S/c1-14-32-44(10,55)36(50)27(6)48(41(53)46-64(56,57)30-17-15-29(45)16-18-30)22-23(2)20-42(8,54)38(63-40-34(49)31(47(11)12)19-24(3)59-40)25(4)35(26(5)39(52)61-32)62-33-21-43(9,58-13)37(51)28(7)60-33/h15-18,23-28,31-38,40,49-51,54-55H,14,19-22H2,1-13H3,(H,46,53)/t23-,24-,25+,26-,27-,28+,31+,32-,33+,34-,35+,36-,37+,38-,40+,42-,43-,44-/m1/s1. The monoisotopic (exact) mass is 935 g/mol. The van der Waals surface area contributed by atoms with Crippen LogP contribution in [0.4, 0.5) is 9.18 Å². The van der Waals surface area contributed by atoms with Crippen molar-refractivity contribution in [2.45, 2.75) is 190 Å². The number of urea groups is 1. The van der Waals surface area contributed by atoms with Crippen LogP contribution >= 0.6 is 0 Å². The summed E-state index contributed by atoms with van der Waals surface area (Å²) in [5.41, 5.74) is -5.27. The molecule has 4 rings (SSSR count). The summed E-state index contributed by atoms with van der Waals surface area (Å²) in [5, 5.41) is 59.4. The number of amides is 2. The summed E-state index contributed by atoms with van der Waals surface area (Å²) < 4.78 is 80.0. The van der Waals surface area contributed by atoms with Gasteiger partial charge in [0.25, 0.3) is 10.0 Å². The number of aliphatic hydroxyl groups is 5. The number of nitrogens with one attached hydrogen (secondary N) is 1. The summed E-state index contributed by atoms with van der Waals surface area (Å²) in [6.07, 6.45) is -11.2. The third-order valence-corrected chi connectivity index (χ3v) is 14.9. The van der Waals surface area contributed by atoms with E-state index in [2.05, 4.69) is 0 Å². The van der Waals surface area contributed by atoms with Crippen LogP contribution in [0.15, 0.2) is 29.2 Å². The molecule has 2 amide bonds. The van der Waals surface area contributed by atoms with Crippen LogP contribution in [0.3, 0.4) is 0 Å². The molecule has 368 valence electrons. The number of hydrogen-bond acceptors (Lipinski definition) is 16. The molecule has 0 saturated carbocycles. The third-order valence-electron chi connectivity index (χ3n) is 13.5. The molecule has 0 aliphatic carbocycles. The van der Waals surface area contributed by atoms with Crippen LogP contribution in [0.2, 0.25) is 0 Å². The van der Waals surface area contributed by atoms with Crippen LogP contribution in [-0.2, 0) is 43.2 Å². The normalized spacial score (nSPS) is 42.3. The van der Waals surface area contributed by atoms with Crippen molar-refractivity contribution in [3.8, 4) is 0 Å². The van der Waals surface area contributed by atoms with E-state index in [1.807, 2.05) is 30.6 Å². The molecule has 6 N–H and O–H groups in total. The number of cyclic esters (lactones) is 1. The number of halogens is 1. The molecule has 18 nitrogen and oxygen atoms in total. The van der Waals surface area contributed by atoms with Gasteiger partial charge in [-0.1, -0.05) is 20.8 Å². The SMILES string of the molecule is CC[C@H]1OC(=O)[C@H](C)[C@@H](O[C@H]2C[C@@](C)(OC)[C@@H](O)[C@H](C)O2)[C@H](C)[C@@H](O[C@@H]2O[C@H](C)C[C@H](N(C)C)[C@H]2O)[C@](C)(O)C[C@@H](C)CN(C(=O)NS(=O)(=O)c2ccc(F)cc2)[C@H](C)[C@@H](O)[C@]1(C)O. The topological polar surface area (TPSA) is 243 Å². The van der Waals surface area contributed by atoms with E-state index in [0.717, 1.165) is 29.2 Å². The Hall–Kier alpha value is -2.60. The second-order valence-electron chi connectivity index (χ2n) is 19.2. The second-order valence-corrected chi connectivity index (χ2v) is 20.9. The highest BCUT2D eigenvalue weighted by Crippen LogP contribution is 2.40. The fraction of sp³-hybridized carbons (Fsp3) is 0.818. The lowest BCUT2D eigenvalue weighted by Crippen LogP contribution is -2.61. The first-order valence-corrected chi connectivity index (χ1v) is 23.6. The lowest BCUT2D eigenvalue weighted by atomic mass is 9.77. The molecule has 20 heteroatoms. The molecule has 3 aliphatic rings. The van der Waals surface area contributed by atoms with Crippen LogP contribution in [0.5, 0.6) is 0 Å². The molecule has 0 radical (unpaired) electrons. The van der Waals surface area contributed by atoms with Gasteiger partial charge in [-0.15, -0.1) is 0 Å². The summed E-state index contributed by atoms with van der Waals surface area (Å²) in [4.78, 5) is 31.0. The van der Waals surface area contributed by atoms with Gasteiger partial charge in [0.15, 0.2) is 12.6 Å². The van der Waals surface area contributed by atoms with Crippen molar-refractivity contribution in [1.29, 1.82) is 0 Å². The van der Waals surface area contributed by atoms with Crippen LogP contribution in [0.25, 0.3) is 0 Å². The lowest BCUT2D eigenvalue weighted by Gasteiger charge is -2.48. The molecule has 18 atom stereocenters. The predicted molar refractivity (Wildman–Crippen MR) is 230 cm³/mol. The molecular weight excluding hydrogens is 862 g/mol. The molecular formula is C44H74FN3O15S. The van der Waals surface area contributed by atoms with Crippen molar-refractivity contribution in [3.05, 3.63) is 30.1 Å². The van der Waals surface area contributed by atoms with E-state index in [-0.39, 0.29) is 31.9 Å². The van der Waals surface area contributed by atoms with Crippen molar-refractivity contribution < 1.29 is 76.4 Å². The van der Waals surface area contributed by atoms with Gasteiger partial charge in [-0.3, -0.25) is 4.79 Å². The minimum atomic E-state index is -4.60. The maximum absolute atomic E-state index is 14.5. The van der Waals surface area contributed by atoms with E-state index < -0.39 is 135 Å². The van der Waals surface area contributed by atoms with Crippen LogP contribution < -0.4 is 4.72 Å². The molecule has 3 fully saturated rings. The number of methoxy groups -OCH3 is 1. The molecule has 1 aromatic rings. The van der Waals surface area contributed by atoms with Crippen molar-refractivity contribution in [2.24, 2.45) is 17.8 Å². The van der Waals surface area contributed by atoms with E-state index in [9.17, 15) is 47.9 Å². The molecule has 64 heavy (non-hydrogen) atoms. The Morgan fingerprint density at radius 3 is 2.14 bits per heavy atom. The van der Waals surface area contributed by atoms with Gasteiger partial charge in [0.2, 0.25) is 0 Å². The number of carbonyl (C=O) groups is 2. The number of ether oxygens (including phenoxy) is 6. The van der Waals surface area contributed by atoms with Gasteiger partial charge in [-0.2, -0.15) is 0 Å². The zero-order valence-corrected chi connectivity index (χ0v) is 40.3. The summed E-state index contributed by atoms with van der Waals surface area (Å²) in [7, 11) is 0.479. The highest BCUT2D eigenvalue weighted by molar-refractivity contribution is 7.90. The van der Waals surface area contributed by atoms with Gasteiger partial charge in [0, 0.05) is 32.0 Å². The zero-order chi connectivity index (χ0) is 48.4. The van der Waals surface area contributed by atoms with E-state index in [4.69, 9.17) is 28.4 Å². The van der Waals surface area contributed by atoms with E-state index in [1.165, 1.54) is 34.8 Å². The van der Waals surface area contributed by atoms with Gasteiger partial charge < -0.3 is 63.8 Å². The Bertz CT molecular complexity index is 1820. The first kappa shape index (κ1) is 54.0. The number of likely N-dealkylation sites (N-methyl/N-ethyl adjacent to an activating group) is 1. The average Bonchev–Trinajstić information content (AvgIpc) is 3.21. The largest absolute Gasteiger partial charge is 0.459 e. The highest BCUT2D eigenvalue weighted by Gasteiger charge is 2.53. The number of nitrogens with zero attached hydrogens (tertiary/aromatic N) is 2. The number of sulfonamides is 1. The van der Waals surface area contributed by atoms with E-state index >= 15 is 0 Å². The van der Waals surface area contributed by atoms with Gasteiger partial charge in [0.1, 0.15) is 35.8 Å². The third kappa shape index (κ3) is 12.1. The minimum Gasteiger partial charge on any atom is -0.459 e. The minimum absolute atomic E-state index is 0.0201. The summed E-state index contributed by atoms with van der Waals surface area (Å²) in [6.45, 7) is 15.5. The van der Waals surface area contributed by atoms with Crippen LogP contribution in [-0.4, -0.2) is 174 Å². The molecule has 0 spiro atoms. The van der Waals surface area contributed by atoms with E-state index in [1.54, 1.807) is 34.6 Å². The summed E-state index contributed by atoms with van der Waals surface area (Å²) in [5.74, 6) is -4.45. The number of carbonyl (C=O) groups excluding carboxylic acids is 2. The first-order valence-electron chi connectivity index (χ1n) is 22.1. The maximum atomic E-state index is 14.5. The lowest BCUT2D eigenvalue weighted by molar-refractivity contribution is -0.318. The Morgan fingerprint density at radius 1 is 0.969 bits per heavy atom. The fourth-order valence-electron chi connectivity index (χ4n) is 9.62. The molecule has 1 aromatic carbocycles. The molecule has 0 bridgehead atoms. The summed E-state index contributed by atoms with van der Waals surface area (Å²) in [6, 6.07) is 0.838. The van der Waals surface area contributed by atoms with Crippen LogP contribution in [0, 0.1) is 23.6 Å². The van der Waals surface area contributed by atoms with Gasteiger partial charge in [-0.25, -0.2) is 22.3 Å². The Kier molecular flexibility index (Phi) is 17.8. The number of aliphatic hydroxyl groups excluding tert-OH is 3. The Labute approximate surface area is 377 Å². The maximum Gasteiger partial charge on any atom is 0.331 e. The predicted octanol–water partition coefficient (Wildman–Crippen LogP) is 2.51. The van der Waals surface area contributed by atoms with Crippen molar-refractivity contribution in [1.82, 2.24) is 14.5 Å². The number of benzene rings is 1. The van der Waals surface area contributed by atoms with Crippen molar-refractivity contribution in [3.63, 3.8) is 0 Å². The number of esters is 1. The Balaban J connectivity index is 1.87. The Morgan fingerprint density at radius 2 is 1.58 bits per heavy atom. The average molecular weight is 936 g/mol. The number of rotatable bonds is 9. The van der Waals surface area contributed by atoms with Gasteiger partial charge in [0.05, 0.1) is 52.5 Å². The van der Waals surface area contributed by atoms with Crippen LogP contribution in [0.1, 0.15) is 94.9 Å². The molecule has 3 aliphatic heterocycles. The fourth-order valence-corrected chi connectivity index (χ4v) is 10.6. The molecule has 0 aromatic heterocycles. The quantitative estimate of drug-likeness (QED) is 0.195. The van der Waals surface area contributed by atoms with Crippen molar-refractivity contribution in [2.75, 3.05) is 27.7 Å². The van der Waals surface area contributed by atoms with Gasteiger partial charge >= 0.3 is 12.0 Å². The molecule has 3 heterocycles. The molecule has 0 unspecified atom stereocenters. The van der Waals surface area contributed by atoms with Crippen molar-refractivity contribution >= 4 is 22.0 Å². The molecule has 3 saturated heterocycles. The van der Waals surface area contributed by atoms with E-state index in [0.29, 0.717) is 6.42 Å². The number of hydrogen-bond donors (Lipinski definition) is 6. The summed E-state index contributed by atoms with van der Waals surface area (Å²) >= 11 is 0. The second kappa shape index (κ2) is 21.1. The first-order chi connectivity index (χ1) is 29.5. The zero-order valence-electron chi connectivity index (χ0n) is 39.5. The highest BCUT2D eigenvalue weighted by atomic mass is 32.2.